The van der Waals surface area contributed by atoms with Gasteiger partial charge in [0.1, 0.15) is 11.9 Å². The predicted molar refractivity (Wildman–Crippen MR) is 121 cm³/mol. The van der Waals surface area contributed by atoms with Gasteiger partial charge in [-0.1, -0.05) is 11.6 Å². The van der Waals surface area contributed by atoms with Gasteiger partial charge in [-0.3, -0.25) is 14.4 Å². The third-order valence-electron chi connectivity index (χ3n) is 6.69. The molecule has 2 unspecified atom stereocenters. The lowest BCUT2D eigenvalue weighted by molar-refractivity contribution is 0.0405. The van der Waals surface area contributed by atoms with Crippen LogP contribution in [-0.2, 0) is 0 Å². The van der Waals surface area contributed by atoms with E-state index in [-0.39, 0.29) is 29.5 Å². The molecule has 0 radical (unpaired) electrons. The molecule has 0 aliphatic carbocycles. The molecule has 3 aromatic rings. The lowest BCUT2D eigenvalue weighted by atomic mass is 9.86. The maximum absolute atomic E-state index is 13.3. The fraction of sp³-hybridized carbons (Fsp3) is 0.400. The Labute approximate surface area is 191 Å². The topological polar surface area (TPSA) is 93.9 Å². The monoisotopic (exact) mass is 446 g/mol. The zero-order valence-electron chi connectivity index (χ0n) is 19.0. The fourth-order valence-corrected chi connectivity index (χ4v) is 4.88. The number of amides is 1. The average molecular weight is 447 g/mol. The van der Waals surface area contributed by atoms with Crippen molar-refractivity contribution in [1.82, 2.24) is 19.5 Å². The van der Waals surface area contributed by atoms with Crippen LogP contribution in [0, 0.1) is 19.8 Å². The Balaban J connectivity index is 1.35. The van der Waals surface area contributed by atoms with E-state index in [9.17, 15) is 14.4 Å². The zero-order valence-corrected chi connectivity index (χ0v) is 19.0. The number of fused-ring (bicyclic) bond motifs is 2. The van der Waals surface area contributed by atoms with Gasteiger partial charge < -0.3 is 9.64 Å². The van der Waals surface area contributed by atoms with Crippen LogP contribution < -0.4 is 4.74 Å². The summed E-state index contributed by atoms with van der Waals surface area (Å²) in [4.78, 5) is 43.9. The minimum atomic E-state index is -0.244. The number of carbonyl (C=O) groups excluding carboxylic acids is 3. The number of ether oxygens (including phenoxy) is 1. The number of Topliss-reactive ketones (excluding diaryl/α,β-unsaturated/α-hetero) is 2. The summed E-state index contributed by atoms with van der Waals surface area (Å²) < 4.78 is 7.76. The van der Waals surface area contributed by atoms with E-state index in [4.69, 9.17) is 4.74 Å². The smallest absolute Gasteiger partial charge is 0.274 e. The summed E-state index contributed by atoms with van der Waals surface area (Å²) >= 11 is 0. The van der Waals surface area contributed by atoms with Crippen molar-refractivity contribution in [3.8, 4) is 5.75 Å². The molecule has 0 saturated carbocycles. The fourth-order valence-electron chi connectivity index (χ4n) is 4.88. The summed E-state index contributed by atoms with van der Waals surface area (Å²) in [6.07, 6.45) is 3.35. The summed E-state index contributed by atoms with van der Waals surface area (Å²) in [6, 6.07) is 7.34. The number of nitrogens with zero attached hydrogens (tertiary/aromatic N) is 4. The van der Waals surface area contributed by atoms with Crippen LogP contribution in [0.5, 0.6) is 5.75 Å². The quantitative estimate of drug-likeness (QED) is 0.572. The molecule has 0 bridgehead atoms. The van der Waals surface area contributed by atoms with Crippen LogP contribution in [-0.4, -0.2) is 56.2 Å². The molecule has 33 heavy (non-hydrogen) atoms. The lowest BCUT2D eigenvalue weighted by Crippen LogP contribution is -2.46. The van der Waals surface area contributed by atoms with E-state index >= 15 is 0 Å². The minimum Gasteiger partial charge on any atom is -0.489 e. The number of likely N-dealkylation sites (tertiary alicyclic amines) is 1. The molecule has 0 N–H and O–H groups in total. The number of hydrogen-bond acceptors (Lipinski definition) is 6. The second-order valence-electron chi connectivity index (χ2n) is 9.05. The Bertz CT molecular complexity index is 1300. The Hall–Kier alpha value is -3.55. The first kappa shape index (κ1) is 21.3. The molecule has 1 aromatic carbocycles. The second kappa shape index (κ2) is 8.10. The van der Waals surface area contributed by atoms with E-state index in [0.29, 0.717) is 53.4 Å². The molecule has 0 spiro atoms. The predicted octanol–water partition coefficient (Wildman–Crippen LogP) is 3.43. The number of rotatable bonds is 3. The van der Waals surface area contributed by atoms with E-state index in [0.717, 1.165) is 18.4 Å². The maximum Gasteiger partial charge on any atom is 0.274 e. The molecule has 2 aliphatic rings. The molecule has 1 saturated heterocycles. The van der Waals surface area contributed by atoms with Gasteiger partial charge in [0.2, 0.25) is 0 Å². The Morgan fingerprint density at radius 1 is 1.18 bits per heavy atom. The molecular weight excluding hydrogens is 420 g/mol. The first-order valence-electron chi connectivity index (χ1n) is 11.3. The Kier molecular flexibility index (Phi) is 5.23. The van der Waals surface area contributed by atoms with Gasteiger partial charge in [0, 0.05) is 37.7 Å². The van der Waals surface area contributed by atoms with Crippen molar-refractivity contribution in [3.05, 3.63) is 58.5 Å². The molecule has 4 heterocycles. The van der Waals surface area contributed by atoms with Gasteiger partial charge in [-0.25, -0.2) is 9.50 Å². The molecule has 5 rings (SSSR count). The molecule has 8 nitrogen and oxygen atoms in total. The number of piperidine rings is 1. The molecule has 1 amide bonds. The summed E-state index contributed by atoms with van der Waals surface area (Å²) in [7, 11) is 0. The molecule has 2 aliphatic heterocycles. The van der Waals surface area contributed by atoms with Gasteiger partial charge in [-0.05, 0) is 45.7 Å². The number of aryl methyl sites for hydroxylation is 2. The summed E-state index contributed by atoms with van der Waals surface area (Å²) in [5.41, 5.74) is 3.65. The van der Waals surface area contributed by atoms with Crippen LogP contribution in [0.3, 0.4) is 0 Å². The molecule has 1 fully saturated rings. The van der Waals surface area contributed by atoms with Crippen LogP contribution in [0.2, 0.25) is 0 Å². The van der Waals surface area contributed by atoms with Crippen LogP contribution >= 0.6 is 0 Å². The number of carbonyl (C=O) groups is 3. The van der Waals surface area contributed by atoms with Crippen LogP contribution in [0.1, 0.15) is 68.6 Å². The Morgan fingerprint density at radius 2 is 2.00 bits per heavy atom. The van der Waals surface area contributed by atoms with Crippen molar-refractivity contribution in [1.29, 1.82) is 0 Å². The highest BCUT2D eigenvalue weighted by atomic mass is 16.5. The second-order valence-corrected chi connectivity index (χ2v) is 9.05. The van der Waals surface area contributed by atoms with E-state index in [1.54, 1.807) is 22.4 Å². The van der Waals surface area contributed by atoms with Gasteiger partial charge in [-0.15, -0.1) is 0 Å². The van der Waals surface area contributed by atoms with Gasteiger partial charge in [0.15, 0.2) is 22.9 Å². The zero-order chi connectivity index (χ0) is 23.3. The van der Waals surface area contributed by atoms with E-state index in [2.05, 4.69) is 10.1 Å². The minimum absolute atomic E-state index is 0.0716. The third kappa shape index (κ3) is 3.79. The highest BCUT2D eigenvalue weighted by Crippen LogP contribution is 2.34. The molecule has 2 atom stereocenters. The van der Waals surface area contributed by atoms with Crippen molar-refractivity contribution < 1.29 is 19.1 Å². The van der Waals surface area contributed by atoms with Crippen LogP contribution in [0.4, 0.5) is 0 Å². The van der Waals surface area contributed by atoms with Crippen molar-refractivity contribution in [3.63, 3.8) is 0 Å². The van der Waals surface area contributed by atoms with Crippen molar-refractivity contribution in [2.45, 2.75) is 46.1 Å². The van der Waals surface area contributed by atoms with Crippen molar-refractivity contribution >= 4 is 23.1 Å². The highest BCUT2D eigenvalue weighted by molar-refractivity contribution is 6.00. The van der Waals surface area contributed by atoms with Crippen LogP contribution in [0.15, 0.2) is 30.5 Å². The first-order valence-corrected chi connectivity index (χ1v) is 11.3. The number of benzene rings is 1. The van der Waals surface area contributed by atoms with Crippen molar-refractivity contribution in [2.75, 3.05) is 13.1 Å². The number of aromatic nitrogens is 3. The molecular formula is C25H26N4O4. The maximum atomic E-state index is 13.3. The lowest BCUT2D eigenvalue weighted by Gasteiger charge is -2.38. The van der Waals surface area contributed by atoms with E-state index in [1.807, 2.05) is 25.1 Å². The van der Waals surface area contributed by atoms with Gasteiger partial charge in [0.25, 0.3) is 5.91 Å². The highest BCUT2D eigenvalue weighted by Gasteiger charge is 2.36. The standard InChI is InChI=1S/C25H26N4O4/c1-14-6-7-22-18(9-14)21(31)11-23(33-22)17-5-4-8-28(13-17)25(32)20-10-24-26-12-19(16(3)30)15(2)29(24)27-20/h6-7,9-10,12,17,23H,4-5,8,11,13H2,1-3H3. The SMILES string of the molecule is CC(=O)c1cnc2cc(C(=O)N3CCCC(C4CC(=O)c5cc(C)ccc5O4)C3)nn2c1C. The van der Waals surface area contributed by atoms with Gasteiger partial charge in [-0.2, -0.15) is 5.10 Å². The first-order chi connectivity index (χ1) is 15.8. The van der Waals surface area contributed by atoms with Crippen molar-refractivity contribution in [2.24, 2.45) is 5.92 Å². The normalized spacial score (nSPS) is 20.5. The Morgan fingerprint density at radius 3 is 2.79 bits per heavy atom. The third-order valence-corrected chi connectivity index (χ3v) is 6.69. The number of hydrogen-bond donors (Lipinski definition) is 0. The van der Waals surface area contributed by atoms with E-state index < -0.39 is 0 Å². The van der Waals surface area contributed by atoms with Gasteiger partial charge in [0.05, 0.1) is 16.8 Å². The average Bonchev–Trinajstić information content (AvgIpc) is 3.24. The molecule has 170 valence electrons. The van der Waals surface area contributed by atoms with Crippen LogP contribution in [0.25, 0.3) is 5.65 Å². The van der Waals surface area contributed by atoms with E-state index in [1.165, 1.54) is 13.1 Å². The molecule has 2 aromatic heterocycles. The molecule has 8 heteroatoms. The summed E-state index contributed by atoms with van der Waals surface area (Å²) in [6.45, 7) is 6.38. The van der Waals surface area contributed by atoms with Gasteiger partial charge >= 0.3 is 0 Å². The summed E-state index contributed by atoms with van der Waals surface area (Å²) in [5.74, 6) is 0.530. The summed E-state index contributed by atoms with van der Waals surface area (Å²) in [5, 5.41) is 4.44. The number of ketones is 2. The largest absolute Gasteiger partial charge is 0.489 e.